The van der Waals surface area contributed by atoms with Crippen LogP contribution in [0.15, 0.2) is 72.8 Å². The molecule has 1 heterocycles. The number of amides is 1. The Kier molecular flexibility index (Phi) is 6.34. The SMILES string of the molecule is Cc1cc(CNC(=O)c2ccc(-c3cc(C(F)(F)F)nn3-c3ccccc3Cl)cc2)ccc1O. The number of aryl methyl sites for hydroxylation is 1. The minimum Gasteiger partial charge on any atom is -0.508 e. The van der Waals surface area contributed by atoms with Crippen LogP contribution in [0.1, 0.15) is 27.2 Å². The van der Waals surface area contributed by atoms with Crippen molar-refractivity contribution in [2.45, 2.75) is 19.6 Å². The number of alkyl halides is 3. The largest absolute Gasteiger partial charge is 0.508 e. The number of hydrogen-bond donors (Lipinski definition) is 2. The van der Waals surface area contributed by atoms with Crippen LogP contribution in [0, 0.1) is 6.92 Å². The normalized spacial score (nSPS) is 11.4. The van der Waals surface area contributed by atoms with Gasteiger partial charge in [0.25, 0.3) is 5.91 Å². The van der Waals surface area contributed by atoms with E-state index in [2.05, 4.69) is 10.4 Å². The molecule has 1 amide bonds. The Morgan fingerprint density at radius 2 is 1.76 bits per heavy atom. The molecule has 34 heavy (non-hydrogen) atoms. The molecule has 0 radical (unpaired) electrons. The Labute approximate surface area is 198 Å². The van der Waals surface area contributed by atoms with Crippen LogP contribution in [0.25, 0.3) is 16.9 Å². The van der Waals surface area contributed by atoms with Crippen LogP contribution in [0.2, 0.25) is 5.02 Å². The maximum Gasteiger partial charge on any atom is 0.435 e. The zero-order valence-electron chi connectivity index (χ0n) is 17.9. The van der Waals surface area contributed by atoms with Crippen molar-refractivity contribution >= 4 is 17.5 Å². The van der Waals surface area contributed by atoms with Gasteiger partial charge in [0.15, 0.2) is 5.69 Å². The highest BCUT2D eigenvalue weighted by Crippen LogP contribution is 2.34. The molecule has 0 spiro atoms. The molecular formula is C25H19ClF3N3O2. The molecule has 5 nitrogen and oxygen atoms in total. The average molecular weight is 486 g/mol. The van der Waals surface area contributed by atoms with E-state index in [4.69, 9.17) is 11.6 Å². The van der Waals surface area contributed by atoms with E-state index in [0.717, 1.165) is 16.3 Å². The number of phenolic OH excluding ortho intramolecular Hbond substituents is 1. The third-order valence-corrected chi connectivity index (χ3v) is 5.56. The van der Waals surface area contributed by atoms with Gasteiger partial charge >= 0.3 is 6.18 Å². The fourth-order valence-electron chi connectivity index (χ4n) is 3.44. The molecule has 0 aliphatic carbocycles. The van der Waals surface area contributed by atoms with E-state index in [-0.39, 0.29) is 28.9 Å². The number of hydrogen-bond acceptors (Lipinski definition) is 3. The number of rotatable bonds is 5. The van der Waals surface area contributed by atoms with Gasteiger partial charge in [-0.25, -0.2) is 4.68 Å². The summed E-state index contributed by atoms with van der Waals surface area (Å²) in [7, 11) is 0. The molecule has 1 aromatic heterocycles. The Morgan fingerprint density at radius 1 is 1.06 bits per heavy atom. The summed E-state index contributed by atoms with van der Waals surface area (Å²) in [4.78, 5) is 12.5. The van der Waals surface area contributed by atoms with Crippen LogP contribution in [0.3, 0.4) is 0 Å². The summed E-state index contributed by atoms with van der Waals surface area (Å²) in [5.74, 6) is -0.164. The van der Waals surface area contributed by atoms with E-state index in [1.54, 1.807) is 61.5 Å². The van der Waals surface area contributed by atoms with Crippen molar-refractivity contribution in [3.05, 3.63) is 100 Å². The molecule has 0 saturated carbocycles. The van der Waals surface area contributed by atoms with Crippen molar-refractivity contribution in [1.29, 1.82) is 0 Å². The van der Waals surface area contributed by atoms with Crippen LogP contribution in [0.4, 0.5) is 13.2 Å². The van der Waals surface area contributed by atoms with E-state index in [1.807, 2.05) is 0 Å². The van der Waals surface area contributed by atoms with Crippen LogP contribution in [-0.4, -0.2) is 20.8 Å². The van der Waals surface area contributed by atoms with Gasteiger partial charge in [-0.1, -0.05) is 48.0 Å². The number of nitrogens with zero attached hydrogens (tertiary/aromatic N) is 2. The van der Waals surface area contributed by atoms with E-state index >= 15 is 0 Å². The second-order valence-corrected chi connectivity index (χ2v) is 8.06. The predicted molar refractivity (Wildman–Crippen MR) is 123 cm³/mol. The van der Waals surface area contributed by atoms with Crippen LogP contribution in [-0.2, 0) is 12.7 Å². The Bertz CT molecular complexity index is 1350. The van der Waals surface area contributed by atoms with E-state index in [0.29, 0.717) is 22.4 Å². The van der Waals surface area contributed by atoms with Gasteiger partial charge in [-0.3, -0.25) is 4.79 Å². The monoisotopic (exact) mass is 485 g/mol. The number of benzene rings is 3. The first-order valence-corrected chi connectivity index (χ1v) is 10.6. The zero-order valence-corrected chi connectivity index (χ0v) is 18.7. The molecule has 0 fully saturated rings. The summed E-state index contributed by atoms with van der Waals surface area (Å²) >= 11 is 6.20. The number of carbonyl (C=O) groups is 1. The minimum absolute atomic E-state index is 0.176. The predicted octanol–water partition coefficient (Wildman–Crippen LogP) is 6.16. The van der Waals surface area contributed by atoms with Gasteiger partial charge in [0.05, 0.1) is 16.4 Å². The second kappa shape index (κ2) is 9.23. The Morgan fingerprint density at radius 3 is 2.41 bits per heavy atom. The summed E-state index contributed by atoms with van der Waals surface area (Å²) in [5.41, 5.74) is 1.75. The molecule has 9 heteroatoms. The lowest BCUT2D eigenvalue weighted by molar-refractivity contribution is -0.141. The number of halogens is 4. The third kappa shape index (κ3) is 4.92. The van der Waals surface area contributed by atoms with E-state index < -0.39 is 11.9 Å². The summed E-state index contributed by atoms with van der Waals surface area (Å²) in [5, 5.41) is 16.4. The molecule has 0 unspecified atom stereocenters. The standard InChI is InChI=1S/C25H19ClF3N3O2/c1-15-12-16(6-11-22(15)33)14-30-24(34)18-9-7-17(8-10-18)21-13-23(25(27,28)29)31-32(21)20-5-3-2-4-19(20)26/h2-13,33H,14H2,1H3,(H,30,34). The first-order valence-electron chi connectivity index (χ1n) is 10.2. The van der Waals surface area contributed by atoms with E-state index in [1.165, 1.54) is 12.1 Å². The summed E-state index contributed by atoms with van der Waals surface area (Å²) in [6.07, 6.45) is -4.63. The van der Waals surface area contributed by atoms with Crippen molar-refractivity contribution < 1.29 is 23.1 Å². The van der Waals surface area contributed by atoms with Crippen molar-refractivity contribution in [3.8, 4) is 22.7 Å². The molecule has 0 aliphatic heterocycles. The van der Waals surface area contributed by atoms with Gasteiger partial charge in [0, 0.05) is 17.7 Å². The summed E-state index contributed by atoms with van der Waals surface area (Å²) in [6, 6.07) is 18.6. The highest BCUT2D eigenvalue weighted by atomic mass is 35.5. The highest BCUT2D eigenvalue weighted by Gasteiger charge is 2.35. The number of phenols is 1. The molecule has 2 N–H and O–H groups in total. The Hall–Kier alpha value is -3.78. The van der Waals surface area contributed by atoms with Gasteiger partial charge in [-0.2, -0.15) is 18.3 Å². The maximum atomic E-state index is 13.4. The topological polar surface area (TPSA) is 67.2 Å². The lowest BCUT2D eigenvalue weighted by atomic mass is 10.1. The molecule has 0 aliphatic rings. The van der Waals surface area contributed by atoms with Gasteiger partial charge in [0.2, 0.25) is 0 Å². The highest BCUT2D eigenvalue weighted by molar-refractivity contribution is 6.32. The first kappa shape index (κ1) is 23.4. The van der Waals surface area contributed by atoms with Crippen LogP contribution >= 0.6 is 11.6 Å². The fraction of sp³-hybridized carbons (Fsp3) is 0.120. The number of carbonyl (C=O) groups excluding carboxylic acids is 1. The average Bonchev–Trinajstić information content (AvgIpc) is 3.26. The van der Waals surface area contributed by atoms with Gasteiger partial charge in [0.1, 0.15) is 5.75 Å². The lowest BCUT2D eigenvalue weighted by Crippen LogP contribution is -2.22. The van der Waals surface area contributed by atoms with Crippen LogP contribution in [0.5, 0.6) is 5.75 Å². The zero-order chi connectivity index (χ0) is 24.5. The first-order chi connectivity index (χ1) is 16.1. The second-order valence-electron chi connectivity index (χ2n) is 7.66. The van der Waals surface area contributed by atoms with Crippen molar-refractivity contribution in [2.75, 3.05) is 0 Å². The minimum atomic E-state index is -4.63. The number of aromatic hydroxyl groups is 1. The van der Waals surface area contributed by atoms with Gasteiger partial charge < -0.3 is 10.4 Å². The maximum absolute atomic E-state index is 13.4. The number of para-hydroxylation sites is 1. The van der Waals surface area contributed by atoms with Crippen molar-refractivity contribution in [3.63, 3.8) is 0 Å². The molecule has 3 aromatic carbocycles. The molecule has 0 atom stereocenters. The molecular weight excluding hydrogens is 467 g/mol. The smallest absolute Gasteiger partial charge is 0.435 e. The quantitative estimate of drug-likeness (QED) is 0.356. The van der Waals surface area contributed by atoms with E-state index in [9.17, 15) is 23.1 Å². The van der Waals surface area contributed by atoms with Crippen molar-refractivity contribution in [2.24, 2.45) is 0 Å². The molecule has 174 valence electrons. The molecule has 4 aromatic rings. The third-order valence-electron chi connectivity index (χ3n) is 5.24. The lowest BCUT2D eigenvalue weighted by Gasteiger charge is -2.10. The fourth-order valence-corrected chi connectivity index (χ4v) is 3.65. The number of nitrogens with one attached hydrogen (secondary N) is 1. The summed E-state index contributed by atoms with van der Waals surface area (Å²) in [6.45, 7) is 2.02. The summed E-state index contributed by atoms with van der Waals surface area (Å²) < 4.78 is 41.3. The Balaban J connectivity index is 1.60. The molecule has 0 bridgehead atoms. The molecule has 0 saturated heterocycles. The molecule has 4 rings (SSSR count). The van der Waals surface area contributed by atoms with Gasteiger partial charge in [-0.05, 0) is 54.4 Å². The van der Waals surface area contributed by atoms with Crippen LogP contribution < -0.4 is 5.32 Å². The van der Waals surface area contributed by atoms with Crippen molar-refractivity contribution in [1.82, 2.24) is 15.1 Å². The van der Waals surface area contributed by atoms with Gasteiger partial charge in [-0.15, -0.1) is 0 Å². The number of aromatic nitrogens is 2.